The molecular weight excluding hydrogens is 234 g/mol. The van der Waals surface area contributed by atoms with E-state index in [4.69, 9.17) is 4.74 Å². The van der Waals surface area contributed by atoms with E-state index >= 15 is 0 Å². The second-order valence-electron chi connectivity index (χ2n) is 4.50. The van der Waals surface area contributed by atoms with Crippen molar-refractivity contribution in [2.24, 2.45) is 0 Å². The van der Waals surface area contributed by atoms with Crippen LogP contribution in [0.1, 0.15) is 29.3 Å². The van der Waals surface area contributed by atoms with E-state index in [1.807, 2.05) is 6.20 Å². The van der Waals surface area contributed by atoms with Gasteiger partial charge >= 0.3 is 0 Å². The molecule has 17 heavy (non-hydrogen) atoms. The Morgan fingerprint density at radius 3 is 3.24 bits per heavy atom. The Hall–Kier alpha value is -0.490. The molecule has 2 unspecified atom stereocenters. The molecule has 1 saturated heterocycles. The average Bonchev–Trinajstić information content (AvgIpc) is 2.77. The molecule has 0 radical (unpaired) electrons. The maximum atomic E-state index is 5.43. The molecule has 0 amide bonds. The fraction of sp³-hybridized carbons (Fsp3) is 0.750. The summed E-state index contributed by atoms with van der Waals surface area (Å²) in [6.45, 7) is 7.93. The summed E-state index contributed by atoms with van der Waals surface area (Å²) in [6.07, 6.45) is 3.05. The van der Waals surface area contributed by atoms with Crippen molar-refractivity contribution < 1.29 is 4.74 Å². The van der Waals surface area contributed by atoms with E-state index in [1.165, 1.54) is 9.88 Å². The SMILES string of the molecule is Cc1cnc(C(C)NCCC2COCCN2)s1. The molecule has 2 heterocycles. The summed E-state index contributed by atoms with van der Waals surface area (Å²) in [5.41, 5.74) is 0. The zero-order valence-corrected chi connectivity index (χ0v) is 11.3. The second-order valence-corrected chi connectivity index (χ2v) is 5.77. The van der Waals surface area contributed by atoms with Crippen molar-refractivity contribution in [3.05, 3.63) is 16.1 Å². The third-order valence-corrected chi connectivity index (χ3v) is 4.05. The first-order valence-electron chi connectivity index (χ1n) is 6.22. The van der Waals surface area contributed by atoms with Crippen molar-refractivity contribution in [1.82, 2.24) is 15.6 Å². The van der Waals surface area contributed by atoms with Gasteiger partial charge in [0.05, 0.1) is 19.3 Å². The Morgan fingerprint density at radius 1 is 1.71 bits per heavy atom. The standard InChI is InChI=1S/C12H21N3OS/c1-9-7-15-12(17-9)10(2)13-4-3-11-8-16-6-5-14-11/h7,10-11,13-14H,3-6,8H2,1-2H3. The molecule has 2 N–H and O–H groups in total. The number of nitrogens with one attached hydrogen (secondary N) is 2. The lowest BCUT2D eigenvalue weighted by Gasteiger charge is -2.24. The van der Waals surface area contributed by atoms with E-state index < -0.39 is 0 Å². The Balaban J connectivity index is 1.67. The van der Waals surface area contributed by atoms with E-state index in [0.717, 1.165) is 32.7 Å². The fourth-order valence-corrected chi connectivity index (χ4v) is 2.74. The summed E-state index contributed by atoms with van der Waals surface area (Å²) >= 11 is 1.77. The highest BCUT2D eigenvalue weighted by atomic mass is 32.1. The number of aromatic nitrogens is 1. The van der Waals surface area contributed by atoms with Crippen LogP contribution in [-0.4, -0.2) is 37.3 Å². The topological polar surface area (TPSA) is 46.2 Å². The first-order chi connectivity index (χ1) is 8.25. The molecule has 0 aliphatic carbocycles. The average molecular weight is 255 g/mol. The van der Waals surface area contributed by atoms with Gasteiger partial charge in [-0.1, -0.05) is 0 Å². The maximum absolute atomic E-state index is 5.43. The summed E-state index contributed by atoms with van der Waals surface area (Å²) in [5.74, 6) is 0. The van der Waals surface area contributed by atoms with Gasteiger partial charge in [-0.15, -0.1) is 11.3 Å². The zero-order chi connectivity index (χ0) is 12.1. The van der Waals surface area contributed by atoms with Gasteiger partial charge in [-0.05, 0) is 26.8 Å². The number of hydrogen-bond donors (Lipinski definition) is 2. The number of rotatable bonds is 5. The summed E-state index contributed by atoms with van der Waals surface area (Å²) in [5, 5.41) is 8.15. The van der Waals surface area contributed by atoms with Crippen LogP contribution in [0.2, 0.25) is 0 Å². The quantitative estimate of drug-likeness (QED) is 0.836. The summed E-state index contributed by atoms with van der Waals surface area (Å²) in [6, 6.07) is 0.847. The van der Waals surface area contributed by atoms with Crippen LogP contribution in [0.15, 0.2) is 6.20 Å². The van der Waals surface area contributed by atoms with Crippen molar-refractivity contribution >= 4 is 11.3 Å². The van der Waals surface area contributed by atoms with Gasteiger partial charge in [0, 0.05) is 23.7 Å². The molecule has 0 aromatic carbocycles. The normalized spacial score (nSPS) is 22.6. The maximum Gasteiger partial charge on any atom is 0.109 e. The van der Waals surface area contributed by atoms with Gasteiger partial charge in [-0.2, -0.15) is 0 Å². The van der Waals surface area contributed by atoms with Crippen LogP contribution in [0.4, 0.5) is 0 Å². The van der Waals surface area contributed by atoms with Crippen LogP contribution in [-0.2, 0) is 4.74 Å². The zero-order valence-electron chi connectivity index (χ0n) is 10.5. The first-order valence-corrected chi connectivity index (χ1v) is 7.04. The van der Waals surface area contributed by atoms with Gasteiger partial charge in [0.15, 0.2) is 0 Å². The molecule has 1 aliphatic heterocycles. The molecule has 1 aromatic heterocycles. The minimum Gasteiger partial charge on any atom is -0.379 e. The number of hydrogen-bond acceptors (Lipinski definition) is 5. The van der Waals surface area contributed by atoms with Crippen LogP contribution in [0.3, 0.4) is 0 Å². The van der Waals surface area contributed by atoms with Crippen molar-refractivity contribution in [2.75, 3.05) is 26.3 Å². The highest BCUT2D eigenvalue weighted by molar-refractivity contribution is 7.11. The Bertz CT molecular complexity index is 336. The van der Waals surface area contributed by atoms with Gasteiger partial charge in [0.2, 0.25) is 0 Å². The molecule has 4 nitrogen and oxygen atoms in total. The molecule has 1 aromatic rings. The van der Waals surface area contributed by atoms with E-state index in [-0.39, 0.29) is 0 Å². The van der Waals surface area contributed by atoms with Crippen molar-refractivity contribution in [2.45, 2.75) is 32.4 Å². The summed E-state index contributed by atoms with van der Waals surface area (Å²) in [7, 11) is 0. The molecule has 96 valence electrons. The largest absolute Gasteiger partial charge is 0.379 e. The van der Waals surface area contributed by atoms with Crippen LogP contribution >= 0.6 is 11.3 Å². The lowest BCUT2D eigenvalue weighted by Crippen LogP contribution is -2.42. The fourth-order valence-electron chi connectivity index (χ4n) is 1.94. The lowest BCUT2D eigenvalue weighted by atomic mass is 10.2. The van der Waals surface area contributed by atoms with Crippen LogP contribution < -0.4 is 10.6 Å². The van der Waals surface area contributed by atoms with Crippen molar-refractivity contribution in [3.8, 4) is 0 Å². The van der Waals surface area contributed by atoms with Crippen molar-refractivity contribution in [3.63, 3.8) is 0 Å². The number of morpholine rings is 1. The third-order valence-electron chi connectivity index (χ3n) is 2.95. The highest BCUT2D eigenvalue weighted by Crippen LogP contribution is 2.18. The molecule has 2 atom stereocenters. The predicted octanol–water partition coefficient (Wildman–Crippen LogP) is 1.48. The van der Waals surface area contributed by atoms with Crippen molar-refractivity contribution in [1.29, 1.82) is 0 Å². The van der Waals surface area contributed by atoms with Gasteiger partial charge < -0.3 is 15.4 Å². The minimum atomic E-state index is 0.346. The molecule has 1 fully saturated rings. The molecule has 0 bridgehead atoms. The Morgan fingerprint density at radius 2 is 2.59 bits per heavy atom. The number of ether oxygens (including phenoxy) is 1. The molecular formula is C12H21N3OS. The van der Waals surface area contributed by atoms with Crippen LogP contribution in [0.25, 0.3) is 0 Å². The minimum absolute atomic E-state index is 0.346. The van der Waals surface area contributed by atoms with E-state index in [0.29, 0.717) is 12.1 Å². The Kier molecular flexibility index (Phi) is 4.91. The Labute approximate surface area is 107 Å². The monoisotopic (exact) mass is 255 g/mol. The molecule has 2 rings (SSSR count). The molecule has 1 aliphatic rings. The predicted molar refractivity (Wildman–Crippen MR) is 70.5 cm³/mol. The number of nitrogens with zero attached hydrogens (tertiary/aromatic N) is 1. The summed E-state index contributed by atoms with van der Waals surface area (Å²) in [4.78, 5) is 5.67. The van der Waals surface area contributed by atoms with Gasteiger partial charge in [-0.3, -0.25) is 0 Å². The van der Waals surface area contributed by atoms with Gasteiger partial charge in [-0.25, -0.2) is 4.98 Å². The van der Waals surface area contributed by atoms with E-state index in [9.17, 15) is 0 Å². The first kappa shape index (κ1) is 13.0. The van der Waals surface area contributed by atoms with E-state index in [1.54, 1.807) is 11.3 Å². The number of aryl methyl sites for hydroxylation is 1. The van der Waals surface area contributed by atoms with Gasteiger partial charge in [0.25, 0.3) is 0 Å². The van der Waals surface area contributed by atoms with Gasteiger partial charge in [0.1, 0.15) is 5.01 Å². The van der Waals surface area contributed by atoms with Crippen LogP contribution in [0, 0.1) is 6.92 Å². The smallest absolute Gasteiger partial charge is 0.109 e. The number of thiazole rings is 1. The molecule has 5 heteroatoms. The summed E-state index contributed by atoms with van der Waals surface area (Å²) < 4.78 is 5.43. The highest BCUT2D eigenvalue weighted by Gasteiger charge is 2.13. The van der Waals surface area contributed by atoms with E-state index in [2.05, 4.69) is 29.5 Å². The lowest BCUT2D eigenvalue weighted by molar-refractivity contribution is 0.0740. The van der Waals surface area contributed by atoms with Crippen LogP contribution in [0.5, 0.6) is 0 Å². The molecule has 0 spiro atoms. The third kappa shape index (κ3) is 4.03. The second kappa shape index (κ2) is 6.44. The molecule has 0 saturated carbocycles.